The molecule has 2 rings (SSSR count). The lowest BCUT2D eigenvalue weighted by Crippen LogP contribution is -2.05. The zero-order valence-electron chi connectivity index (χ0n) is 7.59. The molecule has 1 aromatic rings. The number of hydrogen-bond acceptors (Lipinski definition) is 2. The highest BCUT2D eigenvalue weighted by Crippen LogP contribution is 2.45. The quantitative estimate of drug-likeness (QED) is 0.707. The number of imidazole rings is 1. The van der Waals surface area contributed by atoms with Gasteiger partial charge in [0.2, 0.25) is 0 Å². The molecule has 1 aliphatic rings. The Morgan fingerprint density at radius 1 is 1.75 bits per heavy atom. The number of nitrogens with one attached hydrogen (secondary N) is 2. The molecule has 2 unspecified atom stereocenters. The molecule has 1 fully saturated rings. The third kappa shape index (κ3) is 1.37. The summed E-state index contributed by atoms with van der Waals surface area (Å²) in [6.07, 6.45) is 3.23. The first-order chi connectivity index (χ1) is 5.81. The van der Waals surface area contributed by atoms with Crippen molar-refractivity contribution in [2.75, 3.05) is 7.05 Å². The van der Waals surface area contributed by atoms with Crippen LogP contribution in [0.5, 0.6) is 0 Å². The van der Waals surface area contributed by atoms with Crippen LogP contribution in [0.4, 0.5) is 0 Å². The highest BCUT2D eigenvalue weighted by molar-refractivity contribution is 5.12. The summed E-state index contributed by atoms with van der Waals surface area (Å²) in [5, 5.41) is 3.10. The monoisotopic (exact) mass is 165 g/mol. The van der Waals surface area contributed by atoms with Crippen LogP contribution in [0.25, 0.3) is 0 Å². The molecule has 0 radical (unpaired) electrons. The zero-order valence-corrected chi connectivity index (χ0v) is 7.59. The SMILES string of the molecule is CNCc1cnc(C2CC2C)[nH]1. The first-order valence-corrected chi connectivity index (χ1v) is 4.49. The minimum atomic E-state index is 0.704. The minimum absolute atomic E-state index is 0.704. The molecule has 12 heavy (non-hydrogen) atoms. The molecule has 1 heterocycles. The molecule has 3 heteroatoms. The van der Waals surface area contributed by atoms with Gasteiger partial charge in [-0.15, -0.1) is 0 Å². The van der Waals surface area contributed by atoms with Crippen molar-refractivity contribution in [2.45, 2.75) is 25.8 Å². The number of aromatic amines is 1. The summed E-state index contributed by atoms with van der Waals surface area (Å²) < 4.78 is 0. The lowest BCUT2D eigenvalue weighted by atomic mass is 10.3. The van der Waals surface area contributed by atoms with Crippen molar-refractivity contribution in [2.24, 2.45) is 5.92 Å². The Balaban J connectivity index is 2.04. The molecule has 66 valence electrons. The van der Waals surface area contributed by atoms with E-state index in [4.69, 9.17) is 0 Å². The Labute approximate surface area is 72.6 Å². The van der Waals surface area contributed by atoms with Gasteiger partial charge in [-0.2, -0.15) is 0 Å². The number of aromatic nitrogens is 2. The second kappa shape index (κ2) is 2.90. The first kappa shape index (κ1) is 7.80. The second-order valence-corrected chi connectivity index (χ2v) is 3.64. The molecular weight excluding hydrogens is 150 g/mol. The van der Waals surface area contributed by atoms with Gasteiger partial charge in [-0.25, -0.2) is 4.98 Å². The minimum Gasteiger partial charge on any atom is -0.345 e. The number of H-pyrrole nitrogens is 1. The van der Waals surface area contributed by atoms with E-state index >= 15 is 0 Å². The number of rotatable bonds is 3. The molecule has 0 amide bonds. The molecule has 2 N–H and O–H groups in total. The third-order valence-electron chi connectivity index (χ3n) is 2.48. The van der Waals surface area contributed by atoms with E-state index < -0.39 is 0 Å². The topological polar surface area (TPSA) is 40.7 Å². The first-order valence-electron chi connectivity index (χ1n) is 4.49. The lowest BCUT2D eigenvalue weighted by Gasteiger charge is -1.93. The van der Waals surface area contributed by atoms with E-state index in [1.807, 2.05) is 13.2 Å². The van der Waals surface area contributed by atoms with Crippen LogP contribution in [-0.4, -0.2) is 17.0 Å². The van der Waals surface area contributed by atoms with Crippen LogP contribution >= 0.6 is 0 Å². The van der Waals surface area contributed by atoms with Crippen LogP contribution in [0, 0.1) is 5.92 Å². The van der Waals surface area contributed by atoms with E-state index in [9.17, 15) is 0 Å². The fourth-order valence-corrected chi connectivity index (χ4v) is 1.55. The standard InChI is InChI=1S/C9H15N3/c1-6-3-8(6)9-11-5-7(12-9)4-10-2/h5-6,8,10H,3-4H2,1-2H3,(H,11,12). The second-order valence-electron chi connectivity index (χ2n) is 3.64. The van der Waals surface area contributed by atoms with Crippen LogP contribution < -0.4 is 5.32 Å². The maximum Gasteiger partial charge on any atom is 0.109 e. The van der Waals surface area contributed by atoms with Crippen molar-refractivity contribution < 1.29 is 0 Å². The Morgan fingerprint density at radius 2 is 2.50 bits per heavy atom. The Bertz CT molecular complexity index is 266. The van der Waals surface area contributed by atoms with Gasteiger partial charge < -0.3 is 10.3 Å². The molecule has 0 bridgehead atoms. The maximum atomic E-state index is 4.35. The normalized spacial score (nSPS) is 27.5. The number of hydrogen-bond donors (Lipinski definition) is 2. The Kier molecular flexibility index (Phi) is 1.89. The van der Waals surface area contributed by atoms with Gasteiger partial charge in [0, 0.05) is 24.4 Å². The number of nitrogens with zero attached hydrogens (tertiary/aromatic N) is 1. The largest absolute Gasteiger partial charge is 0.345 e. The molecule has 1 aromatic heterocycles. The molecule has 1 aliphatic carbocycles. The Morgan fingerprint density at radius 3 is 3.08 bits per heavy atom. The van der Waals surface area contributed by atoms with E-state index in [1.54, 1.807) is 0 Å². The molecular formula is C9H15N3. The summed E-state index contributed by atoms with van der Waals surface area (Å²) in [7, 11) is 1.94. The van der Waals surface area contributed by atoms with E-state index in [0.29, 0.717) is 5.92 Å². The molecule has 0 aromatic carbocycles. The van der Waals surface area contributed by atoms with Gasteiger partial charge in [-0.3, -0.25) is 0 Å². The predicted octanol–water partition coefficient (Wildman–Crippen LogP) is 1.25. The van der Waals surface area contributed by atoms with Crippen molar-refractivity contribution >= 4 is 0 Å². The molecule has 2 atom stereocenters. The highest BCUT2D eigenvalue weighted by Gasteiger charge is 2.36. The molecule has 1 saturated carbocycles. The van der Waals surface area contributed by atoms with Crippen LogP contribution in [0.15, 0.2) is 6.20 Å². The van der Waals surface area contributed by atoms with Gasteiger partial charge in [0.25, 0.3) is 0 Å². The van der Waals surface area contributed by atoms with Gasteiger partial charge in [0.15, 0.2) is 0 Å². The van der Waals surface area contributed by atoms with Crippen molar-refractivity contribution in [3.8, 4) is 0 Å². The van der Waals surface area contributed by atoms with Crippen LogP contribution in [0.1, 0.15) is 30.8 Å². The molecule has 0 spiro atoms. The van der Waals surface area contributed by atoms with Crippen LogP contribution in [-0.2, 0) is 6.54 Å². The van der Waals surface area contributed by atoms with E-state index in [-0.39, 0.29) is 0 Å². The summed E-state index contributed by atoms with van der Waals surface area (Å²) in [6.45, 7) is 3.15. The fraction of sp³-hybridized carbons (Fsp3) is 0.667. The Hall–Kier alpha value is -0.830. The predicted molar refractivity (Wildman–Crippen MR) is 47.9 cm³/mol. The summed E-state index contributed by atoms with van der Waals surface area (Å²) in [5.41, 5.74) is 1.19. The summed E-state index contributed by atoms with van der Waals surface area (Å²) in [4.78, 5) is 7.68. The van der Waals surface area contributed by atoms with Gasteiger partial charge in [0.05, 0.1) is 0 Å². The van der Waals surface area contributed by atoms with Crippen molar-refractivity contribution in [3.05, 3.63) is 17.7 Å². The maximum absolute atomic E-state index is 4.35. The van der Waals surface area contributed by atoms with Crippen LogP contribution in [0.3, 0.4) is 0 Å². The molecule has 3 nitrogen and oxygen atoms in total. The molecule has 0 saturated heterocycles. The smallest absolute Gasteiger partial charge is 0.109 e. The van der Waals surface area contributed by atoms with Gasteiger partial charge >= 0.3 is 0 Å². The summed E-state index contributed by atoms with van der Waals surface area (Å²) in [5.74, 6) is 2.71. The van der Waals surface area contributed by atoms with Gasteiger partial charge in [0.1, 0.15) is 5.82 Å². The van der Waals surface area contributed by atoms with Crippen LogP contribution in [0.2, 0.25) is 0 Å². The summed E-state index contributed by atoms with van der Waals surface area (Å²) in [6, 6.07) is 0. The van der Waals surface area contributed by atoms with E-state index in [2.05, 4.69) is 22.2 Å². The zero-order chi connectivity index (χ0) is 8.55. The van der Waals surface area contributed by atoms with Crippen molar-refractivity contribution in [1.82, 2.24) is 15.3 Å². The lowest BCUT2D eigenvalue weighted by molar-refractivity contribution is 0.786. The van der Waals surface area contributed by atoms with E-state index in [0.717, 1.165) is 12.5 Å². The van der Waals surface area contributed by atoms with Crippen molar-refractivity contribution in [3.63, 3.8) is 0 Å². The van der Waals surface area contributed by atoms with E-state index in [1.165, 1.54) is 17.9 Å². The fourth-order valence-electron chi connectivity index (χ4n) is 1.55. The summed E-state index contributed by atoms with van der Waals surface area (Å²) >= 11 is 0. The molecule has 0 aliphatic heterocycles. The highest BCUT2D eigenvalue weighted by atomic mass is 15.0. The van der Waals surface area contributed by atoms with Gasteiger partial charge in [-0.1, -0.05) is 6.92 Å². The third-order valence-corrected chi connectivity index (χ3v) is 2.48. The average Bonchev–Trinajstić information content (AvgIpc) is 2.62. The van der Waals surface area contributed by atoms with Gasteiger partial charge in [-0.05, 0) is 19.4 Å². The average molecular weight is 165 g/mol. The van der Waals surface area contributed by atoms with Crippen molar-refractivity contribution in [1.29, 1.82) is 0 Å².